The number of rotatable bonds is 11. The number of anilines is 2. The second-order valence-corrected chi connectivity index (χ2v) is 14.8. The molecule has 0 aliphatic carbocycles. The Labute approximate surface area is 307 Å². The number of carbonyl (C=O) groups excluding carboxylic acids is 1. The van der Waals surface area contributed by atoms with Crippen LogP contribution in [0.3, 0.4) is 0 Å². The second-order valence-electron chi connectivity index (χ2n) is 13.7. The van der Waals surface area contributed by atoms with Crippen molar-refractivity contribution in [2.75, 3.05) is 74.8 Å². The maximum atomic E-state index is 15.3. The summed E-state index contributed by atoms with van der Waals surface area (Å²) in [5, 5.41) is 10.5. The van der Waals surface area contributed by atoms with Gasteiger partial charge in [0.25, 0.3) is 11.3 Å². The normalized spacial score (nSPS) is 20.1. The number of alkyl halides is 1. The maximum Gasteiger partial charge on any atom is 0.317 e. The lowest BCUT2D eigenvalue weighted by Gasteiger charge is -2.39. The standard InChI is InChI=1S/C36H40ClF2N7O5S/c37-34-31(46(52(50)51)45-12-9-26(38)21-45)6-5-30(39)33(34)35(49)29-19-41-36-28(29)17-25(18-40-36)24-1-3-27(4-2-24)44-15-13-43(14-16-44)20-23-7-10-42(11-8-23)22-32(47)48/h1-6,17-19,23,26H,7-16,20-22H2,(H,40,41)(H,47,48)(H,50,51)/t26-/m1/s1. The molecule has 0 spiro atoms. The van der Waals surface area contributed by atoms with Crippen LogP contribution in [0, 0.1) is 11.7 Å². The molecule has 276 valence electrons. The van der Waals surface area contributed by atoms with E-state index < -0.39 is 40.6 Å². The number of hydrazine groups is 1. The van der Waals surface area contributed by atoms with E-state index in [2.05, 4.69) is 31.9 Å². The van der Waals surface area contributed by atoms with Crippen LogP contribution in [-0.2, 0) is 16.1 Å². The molecule has 7 rings (SSSR count). The molecule has 3 aliphatic rings. The van der Waals surface area contributed by atoms with Crippen molar-refractivity contribution in [2.45, 2.75) is 25.4 Å². The molecule has 2 aromatic carbocycles. The smallest absolute Gasteiger partial charge is 0.317 e. The summed E-state index contributed by atoms with van der Waals surface area (Å²) in [4.78, 5) is 39.3. The molecule has 0 bridgehead atoms. The predicted octanol–water partition coefficient (Wildman–Crippen LogP) is 5.07. The molecule has 52 heavy (non-hydrogen) atoms. The molecule has 1 unspecified atom stereocenters. The highest BCUT2D eigenvalue weighted by Gasteiger charge is 2.34. The Bertz CT molecular complexity index is 1970. The average Bonchev–Trinajstić information content (AvgIpc) is 3.76. The number of pyridine rings is 1. The van der Waals surface area contributed by atoms with Crippen LogP contribution in [-0.4, -0.2) is 122 Å². The second kappa shape index (κ2) is 15.5. The lowest BCUT2D eigenvalue weighted by atomic mass is 9.96. The van der Waals surface area contributed by atoms with Gasteiger partial charge in [-0.25, -0.2) is 23.0 Å². The summed E-state index contributed by atoms with van der Waals surface area (Å²) < 4.78 is 52.5. The third-order valence-corrected chi connectivity index (χ3v) is 11.4. The third kappa shape index (κ3) is 7.70. The van der Waals surface area contributed by atoms with Crippen molar-refractivity contribution in [3.63, 3.8) is 0 Å². The highest BCUT2D eigenvalue weighted by molar-refractivity contribution is 7.80. The van der Waals surface area contributed by atoms with Crippen LogP contribution in [0.25, 0.3) is 22.2 Å². The molecule has 16 heteroatoms. The van der Waals surface area contributed by atoms with Crippen molar-refractivity contribution in [1.29, 1.82) is 0 Å². The minimum atomic E-state index is -2.65. The Morgan fingerprint density at radius 3 is 2.37 bits per heavy atom. The SMILES string of the molecule is O=C(O)CN1CCC(CN2CCN(c3ccc(-c4cnc5[nH]cc(C(=O)c6c(F)ccc(N(N7CC[C@@H](F)C7)S(=O)O)c6Cl)c5c4)cc3)CC2)CC1. The number of aliphatic carboxylic acids is 1. The molecule has 2 aromatic heterocycles. The molecule has 0 amide bonds. The van der Waals surface area contributed by atoms with E-state index in [4.69, 9.17) is 16.7 Å². The van der Waals surface area contributed by atoms with E-state index in [-0.39, 0.29) is 42.3 Å². The van der Waals surface area contributed by atoms with Crippen molar-refractivity contribution < 1.29 is 32.2 Å². The first-order valence-corrected chi connectivity index (χ1v) is 18.8. The summed E-state index contributed by atoms with van der Waals surface area (Å²) in [6.45, 7) is 6.57. The third-order valence-electron chi connectivity index (χ3n) is 10.3. The number of aromatic amines is 1. The Morgan fingerprint density at radius 1 is 0.981 bits per heavy atom. The number of benzene rings is 2. The van der Waals surface area contributed by atoms with Gasteiger partial charge in [-0.3, -0.25) is 23.9 Å². The fourth-order valence-corrected chi connectivity index (χ4v) is 8.55. The Balaban J connectivity index is 1.03. The van der Waals surface area contributed by atoms with Crippen molar-refractivity contribution in [2.24, 2.45) is 5.92 Å². The van der Waals surface area contributed by atoms with Crippen molar-refractivity contribution in [3.05, 3.63) is 76.8 Å². The van der Waals surface area contributed by atoms with Crippen LogP contribution in [0.4, 0.5) is 20.2 Å². The minimum absolute atomic E-state index is 0.0863. The van der Waals surface area contributed by atoms with E-state index in [1.807, 2.05) is 23.1 Å². The number of likely N-dealkylation sites (tertiary alicyclic amines) is 1. The fourth-order valence-electron chi connectivity index (χ4n) is 7.52. The van der Waals surface area contributed by atoms with Gasteiger partial charge in [-0.2, -0.15) is 4.41 Å². The van der Waals surface area contributed by atoms with Gasteiger partial charge in [-0.15, -0.1) is 0 Å². The zero-order chi connectivity index (χ0) is 36.5. The first-order valence-electron chi connectivity index (χ1n) is 17.4. The van der Waals surface area contributed by atoms with E-state index >= 15 is 4.39 Å². The predicted molar refractivity (Wildman–Crippen MR) is 196 cm³/mol. The molecular formula is C36H40ClF2N7O5S. The van der Waals surface area contributed by atoms with E-state index in [0.717, 1.165) is 85.9 Å². The van der Waals surface area contributed by atoms with Crippen LogP contribution in [0.5, 0.6) is 0 Å². The van der Waals surface area contributed by atoms with E-state index in [1.165, 1.54) is 17.3 Å². The Morgan fingerprint density at radius 2 is 1.71 bits per heavy atom. The maximum absolute atomic E-state index is 15.3. The number of aromatic nitrogens is 2. The van der Waals surface area contributed by atoms with Crippen molar-refractivity contribution >= 4 is 57.0 Å². The number of hydrogen-bond acceptors (Lipinski definition) is 8. The first-order chi connectivity index (χ1) is 25.0. The Hall–Kier alpha value is -3.99. The van der Waals surface area contributed by atoms with Crippen LogP contribution in [0.1, 0.15) is 35.2 Å². The number of piperidine rings is 1. The number of fused-ring (bicyclic) bond motifs is 1. The summed E-state index contributed by atoms with van der Waals surface area (Å²) in [5.74, 6) is -1.81. The van der Waals surface area contributed by atoms with Crippen molar-refractivity contribution in [3.8, 4) is 11.1 Å². The molecule has 0 saturated carbocycles. The summed E-state index contributed by atoms with van der Waals surface area (Å²) in [5.41, 5.74) is 2.74. The van der Waals surface area contributed by atoms with Gasteiger partial charge in [-0.05, 0) is 74.2 Å². The molecule has 3 aliphatic heterocycles. The monoisotopic (exact) mass is 755 g/mol. The molecule has 0 radical (unpaired) electrons. The lowest BCUT2D eigenvalue weighted by molar-refractivity contribution is -0.138. The number of piperazine rings is 1. The molecule has 12 nitrogen and oxygen atoms in total. The number of carboxylic acids is 1. The number of H-pyrrole nitrogens is 1. The van der Waals surface area contributed by atoms with Crippen LogP contribution >= 0.6 is 11.6 Å². The number of carboxylic acid groups (broad SMARTS) is 1. The van der Waals surface area contributed by atoms with Gasteiger partial charge >= 0.3 is 5.97 Å². The van der Waals surface area contributed by atoms with Crippen LogP contribution in [0.15, 0.2) is 54.9 Å². The number of hydrogen-bond donors (Lipinski definition) is 3. The number of nitrogens with zero attached hydrogens (tertiary/aromatic N) is 6. The number of halogens is 3. The molecular weight excluding hydrogens is 716 g/mol. The van der Waals surface area contributed by atoms with Gasteiger partial charge in [0.1, 0.15) is 17.6 Å². The molecule has 2 atom stereocenters. The molecule has 4 aromatic rings. The average molecular weight is 756 g/mol. The van der Waals surface area contributed by atoms with Gasteiger partial charge in [-0.1, -0.05) is 23.7 Å². The van der Waals surface area contributed by atoms with E-state index in [0.29, 0.717) is 17.0 Å². The quantitative estimate of drug-likeness (QED) is 0.141. The summed E-state index contributed by atoms with van der Waals surface area (Å²) in [6, 6.07) is 12.2. The van der Waals surface area contributed by atoms with E-state index in [9.17, 15) is 22.7 Å². The lowest BCUT2D eigenvalue weighted by Crippen LogP contribution is -2.49. The highest BCUT2D eigenvalue weighted by Crippen LogP contribution is 2.37. The van der Waals surface area contributed by atoms with Gasteiger partial charge < -0.3 is 15.0 Å². The first kappa shape index (κ1) is 36.4. The number of ketones is 1. The number of nitrogens with one attached hydrogen (secondary N) is 1. The van der Waals surface area contributed by atoms with Gasteiger partial charge in [0, 0.05) is 73.9 Å². The summed E-state index contributed by atoms with van der Waals surface area (Å²) >= 11 is 3.94. The zero-order valence-electron chi connectivity index (χ0n) is 28.4. The summed E-state index contributed by atoms with van der Waals surface area (Å²) in [7, 11) is 0. The summed E-state index contributed by atoms with van der Waals surface area (Å²) in [6.07, 6.45) is 4.15. The van der Waals surface area contributed by atoms with Gasteiger partial charge in [0.2, 0.25) is 0 Å². The van der Waals surface area contributed by atoms with Gasteiger partial charge in [0.15, 0.2) is 5.78 Å². The largest absolute Gasteiger partial charge is 0.480 e. The Kier molecular flexibility index (Phi) is 10.9. The van der Waals surface area contributed by atoms with Gasteiger partial charge in [0.05, 0.1) is 29.4 Å². The molecule has 3 saturated heterocycles. The van der Waals surface area contributed by atoms with Crippen LogP contribution < -0.4 is 9.31 Å². The molecule has 3 fully saturated rings. The molecule has 5 heterocycles. The van der Waals surface area contributed by atoms with Crippen LogP contribution in [0.2, 0.25) is 5.02 Å². The zero-order valence-corrected chi connectivity index (χ0v) is 30.0. The van der Waals surface area contributed by atoms with E-state index in [1.54, 1.807) is 6.20 Å². The minimum Gasteiger partial charge on any atom is -0.480 e. The van der Waals surface area contributed by atoms with Crippen molar-refractivity contribution in [1.82, 2.24) is 24.8 Å². The fraction of sp³-hybridized carbons (Fsp3) is 0.417. The topological polar surface area (TPSA) is 137 Å². The number of carbonyl (C=O) groups is 2. The molecule has 3 N–H and O–H groups in total. The highest BCUT2D eigenvalue weighted by atomic mass is 35.5.